The average Bonchev–Trinajstić information content (AvgIpc) is 3.10. The van der Waals surface area contributed by atoms with Crippen molar-refractivity contribution in [1.82, 2.24) is 15.3 Å². The first-order valence-electron chi connectivity index (χ1n) is 7.50. The van der Waals surface area contributed by atoms with Crippen molar-refractivity contribution in [2.75, 3.05) is 0 Å². The minimum atomic E-state index is -0.165. The van der Waals surface area contributed by atoms with Gasteiger partial charge in [0.25, 0.3) is 0 Å². The fourth-order valence-corrected chi connectivity index (χ4v) is 2.79. The first kappa shape index (κ1) is 14.0. The van der Waals surface area contributed by atoms with Crippen molar-refractivity contribution in [1.29, 1.82) is 0 Å². The highest BCUT2D eigenvalue weighted by Crippen LogP contribution is 2.35. The maximum absolute atomic E-state index is 5.38. The Morgan fingerprint density at radius 2 is 2.05 bits per heavy atom. The Hall–Kier alpha value is -1.91. The zero-order chi connectivity index (χ0) is 14.9. The van der Waals surface area contributed by atoms with E-state index in [4.69, 9.17) is 9.05 Å². The van der Waals surface area contributed by atoms with E-state index >= 15 is 0 Å². The molecule has 21 heavy (non-hydrogen) atoms. The summed E-state index contributed by atoms with van der Waals surface area (Å²) in [7, 11) is 0. The molecular weight excluding hydrogens is 266 g/mol. The summed E-state index contributed by atoms with van der Waals surface area (Å²) in [6.45, 7) is 6.20. The van der Waals surface area contributed by atoms with Crippen LogP contribution in [0.1, 0.15) is 62.7 Å². The van der Waals surface area contributed by atoms with Gasteiger partial charge in [-0.25, -0.2) is 0 Å². The molecule has 0 radical (unpaired) electrons. The number of hydrogen-bond donors (Lipinski definition) is 0. The fraction of sp³-hybridized carbons (Fsp3) is 0.562. The van der Waals surface area contributed by atoms with E-state index < -0.39 is 0 Å². The summed E-state index contributed by atoms with van der Waals surface area (Å²) in [6, 6.07) is 1.89. The van der Waals surface area contributed by atoms with Crippen molar-refractivity contribution < 1.29 is 9.05 Å². The molecule has 5 nitrogen and oxygen atoms in total. The molecule has 0 aromatic carbocycles. The molecule has 2 aromatic heterocycles. The van der Waals surface area contributed by atoms with Crippen LogP contribution >= 0.6 is 0 Å². The molecule has 0 amide bonds. The molecule has 0 bridgehead atoms. The highest BCUT2D eigenvalue weighted by Gasteiger charge is 2.31. The molecule has 2 heterocycles. The third kappa shape index (κ3) is 2.91. The lowest BCUT2D eigenvalue weighted by Crippen LogP contribution is -2.23. The van der Waals surface area contributed by atoms with Crippen LogP contribution in [-0.4, -0.2) is 15.3 Å². The van der Waals surface area contributed by atoms with Crippen LogP contribution in [0.3, 0.4) is 0 Å². The molecular formula is C16H21N3O2. The fourth-order valence-electron chi connectivity index (χ4n) is 2.79. The van der Waals surface area contributed by atoms with Crippen LogP contribution in [0.4, 0.5) is 0 Å². The molecule has 0 N–H and O–H groups in total. The molecule has 0 atom stereocenters. The van der Waals surface area contributed by atoms with Gasteiger partial charge < -0.3 is 9.05 Å². The molecule has 1 aliphatic carbocycles. The van der Waals surface area contributed by atoms with E-state index in [-0.39, 0.29) is 5.41 Å². The summed E-state index contributed by atoms with van der Waals surface area (Å²) in [6.07, 6.45) is 7.65. The van der Waals surface area contributed by atoms with Crippen LogP contribution in [-0.2, 0) is 11.8 Å². The summed E-state index contributed by atoms with van der Waals surface area (Å²) < 4.78 is 10.4. The van der Waals surface area contributed by atoms with E-state index in [2.05, 4.69) is 35.2 Å². The monoisotopic (exact) mass is 287 g/mol. The molecule has 1 aliphatic rings. The van der Waals surface area contributed by atoms with Gasteiger partial charge in [0.05, 0.1) is 12.1 Å². The minimum absolute atomic E-state index is 0.165. The Morgan fingerprint density at radius 3 is 2.71 bits per heavy atom. The lowest BCUT2D eigenvalue weighted by Gasteiger charge is -2.27. The van der Waals surface area contributed by atoms with Gasteiger partial charge in [-0.3, -0.25) is 0 Å². The first-order chi connectivity index (χ1) is 10.1. The number of aryl methyl sites for hydroxylation is 1. The average molecular weight is 287 g/mol. The third-order valence-electron chi connectivity index (χ3n) is 4.13. The van der Waals surface area contributed by atoms with Crippen molar-refractivity contribution in [3.05, 3.63) is 40.9 Å². The van der Waals surface area contributed by atoms with Gasteiger partial charge in [-0.1, -0.05) is 22.0 Å². The lowest BCUT2D eigenvalue weighted by atomic mass is 9.78. The van der Waals surface area contributed by atoms with Crippen molar-refractivity contribution >= 4 is 0 Å². The second-order valence-corrected chi connectivity index (χ2v) is 6.22. The van der Waals surface area contributed by atoms with Crippen LogP contribution < -0.4 is 0 Å². The van der Waals surface area contributed by atoms with Gasteiger partial charge in [0.2, 0.25) is 5.89 Å². The van der Waals surface area contributed by atoms with Crippen molar-refractivity contribution in [2.24, 2.45) is 0 Å². The summed E-state index contributed by atoms with van der Waals surface area (Å²) in [5.41, 5.74) is 2.07. The number of rotatable bonds is 4. The largest absolute Gasteiger partial charge is 0.361 e. The van der Waals surface area contributed by atoms with E-state index in [9.17, 15) is 0 Å². The number of allylic oxidation sites excluding steroid dienone is 2. The van der Waals surface area contributed by atoms with Crippen LogP contribution in [0.2, 0.25) is 0 Å². The Kier molecular flexibility index (Phi) is 3.66. The molecule has 0 spiro atoms. The number of hydrogen-bond acceptors (Lipinski definition) is 5. The molecule has 112 valence electrons. The predicted octanol–water partition coefficient (Wildman–Crippen LogP) is 3.73. The van der Waals surface area contributed by atoms with Gasteiger partial charge in [-0.2, -0.15) is 4.98 Å². The molecule has 0 fully saturated rings. The summed E-state index contributed by atoms with van der Waals surface area (Å²) in [5, 5.41) is 8.14. The number of nitrogens with zero attached hydrogens (tertiary/aromatic N) is 3. The lowest BCUT2D eigenvalue weighted by molar-refractivity contribution is 0.361. The van der Waals surface area contributed by atoms with E-state index in [1.807, 2.05) is 13.0 Å². The summed E-state index contributed by atoms with van der Waals surface area (Å²) in [4.78, 5) is 4.56. The molecule has 0 saturated heterocycles. The highest BCUT2D eigenvalue weighted by atomic mass is 16.5. The Bertz CT molecular complexity index is 652. The smallest absolute Gasteiger partial charge is 0.232 e. The van der Waals surface area contributed by atoms with E-state index in [1.54, 1.807) is 0 Å². The second kappa shape index (κ2) is 5.47. The molecule has 0 saturated carbocycles. The normalized spacial score (nSPS) is 16.0. The van der Waals surface area contributed by atoms with Gasteiger partial charge in [0.15, 0.2) is 5.82 Å². The topological polar surface area (TPSA) is 65.0 Å². The van der Waals surface area contributed by atoms with Gasteiger partial charge in [-0.05, 0) is 46.5 Å². The minimum Gasteiger partial charge on any atom is -0.361 e. The van der Waals surface area contributed by atoms with Gasteiger partial charge >= 0.3 is 0 Å². The zero-order valence-electron chi connectivity index (χ0n) is 12.8. The standard InChI is InChI=1S/C16H21N3O2/c1-11-9-13(18-20-11)10-14-17-15(19-21-14)16(2,3)12-7-5-4-6-8-12/h7,9H,4-6,8,10H2,1-3H3. The summed E-state index contributed by atoms with van der Waals surface area (Å²) in [5.74, 6) is 2.13. The van der Waals surface area contributed by atoms with Crippen LogP contribution in [0.15, 0.2) is 26.8 Å². The van der Waals surface area contributed by atoms with Gasteiger partial charge in [0, 0.05) is 11.5 Å². The predicted molar refractivity (Wildman–Crippen MR) is 77.9 cm³/mol. The molecule has 5 heteroatoms. The van der Waals surface area contributed by atoms with E-state index in [0.717, 1.165) is 30.1 Å². The summed E-state index contributed by atoms with van der Waals surface area (Å²) >= 11 is 0. The van der Waals surface area contributed by atoms with Gasteiger partial charge in [-0.15, -0.1) is 0 Å². The quantitative estimate of drug-likeness (QED) is 0.801. The SMILES string of the molecule is Cc1cc(Cc2nc(C(C)(C)C3=CCCCC3)no2)no1. The maximum atomic E-state index is 5.38. The van der Waals surface area contributed by atoms with Crippen LogP contribution in [0.25, 0.3) is 0 Å². The van der Waals surface area contributed by atoms with Crippen molar-refractivity contribution in [3.63, 3.8) is 0 Å². The first-order valence-corrected chi connectivity index (χ1v) is 7.50. The van der Waals surface area contributed by atoms with Crippen molar-refractivity contribution in [2.45, 2.75) is 58.3 Å². The Labute approximate surface area is 124 Å². The highest BCUT2D eigenvalue weighted by molar-refractivity contribution is 5.26. The molecule has 0 aliphatic heterocycles. The Balaban J connectivity index is 1.79. The molecule has 2 aromatic rings. The number of aromatic nitrogens is 3. The maximum Gasteiger partial charge on any atom is 0.232 e. The third-order valence-corrected chi connectivity index (χ3v) is 4.13. The molecule has 0 unspecified atom stereocenters. The van der Waals surface area contributed by atoms with Crippen LogP contribution in [0, 0.1) is 6.92 Å². The zero-order valence-corrected chi connectivity index (χ0v) is 12.8. The van der Waals surface area contributed by atoms with Gasteiger partial charge in [0.1, 0.15) is 5.76 Å². The molecule has 3 rings (SSSR count). The second-order valence-electron chi connectivity index (χ2n) is 6.22. The Morgan fingerprint density at radius 1 is 1.19 bits per heavy atom. The van der Waals surface area contributed by atoms with Crippen LogP contribution in [0.5, 0.6) is 0 Å². The van der Waals surface area contributed by atoms with E-state index in [0.29, 0.717) is 12.3 Å². The van der Waals surface area contributed by atoms with E-state index in [1.165, 1.54) is 18.4 Å². The van der Waals surface area contributed by atoms with Crippen molar-refractivity contribution in [3.8, 4) is 0 Å².